The van der Waals surface area contributed by atoms with Crippen molar-refractivity contribution < 1.29 is 19.2 Å². The molecule has 5 nitrogen and oxygen atoms in total. The Morgan fingerprint density at radius 2 is 1.81 bits per heavy atom. The van der Waals surface area contributed by atoms with Gasteiger partial charge in [-0.3, -0.25) is 4.79 Å². The third kappa shape index (κ3) is 3.36. The molecule has 5 heteroatoms. The van der Waals surface area contributed by atoms with Gasteiger partial charge in [-0.25, -0.2) is 4.79 Å². The zero-order valence-corrected chi connectivity index (χ0v) is 9.39. The van der Waals surface area contributed by atoms with Crippen molar-refractivity contribution in [1.82, 2.24) is 5.06 Å². The second kappa shape index (κ2) is 5.27. The molecule has 0 saturated heterocycles. The molecule has 0 radical (unpaired) electrons. The van der Waals surface area contributed by atoms with Gasteiger partial charge in [0.1, 0.15) is 11.3 Å². The number of ether oxygens (including phenoxy) is 1. The van der Waals surface area contributed by atoms with Crippen LogP contribution < -0.4 is 4.74 Å². The summed E-state index contributed by atoms with van der Waals surface area (Å²) < 4.78 is 4.89. The van der Waals surface area contributed by atoms with Crippen LogP contribution in [-0.4, -0.2) is 31.1 Å². The van der Waals surface area contributed by atoms with Crippen LogP contribution in [-0.2, 0) is 9.63 Å². The van der Waals surface area contributed by atoms with E-state index in [0.717, 1.165) is 0 Å². The topological polar surface area (TPSA) is 55.8 Å². The van der Waals surface area contributed by atoms with Gasteiger partial charge in [0.05, 0.1) is 0 Å². The molecular weight excluding hydrogens is 210 g/mol. The molecule has 1 aromatic rings. The molecule has 0 aliphatic rings. The summed E-state index contributed by atoms with van der Waals surface area (Å²) in [5.74, 6) is -0.853. The molecule has 0 atom stereocenters. The molecule has 0 aliphatic heterocycles. The van der Waals surface area contributed by atoms with E-state index in [2.05, 4.69) is 0 Å². The third-order valence-corrected chi connectivity index (χ3v) is 1.63. The largest absolute Gasteiger partial charge is 0.426 e. The van der Waals surface area contributed by atoms with Gasteiger partial charge in [0.2, 0.25) is 0 Å². The lowest BCUT2D eigenvalue weighted by atomic mass is 10.2. The SMILES string of the molecule is CC(=O)Oc1ccccc1C(=O)ON(C)C. The Kier molecular flexibility index (Phi) is 4.02. The van der Waals surface area contributed by atoms with Crippen LogP contribution in [0.4, 0.5) is 0 Å². The Bertz CT molecular complexity index is 401. The zero-order chi connectivity index (χ0) is 12.1. The first-order valence-electron chi connectivity index (χ1n) is 4.67. The smallest absolute Gasteiger partial charge is 0.360 e. The first kappa shape index (κ1) is 12.2. The highest BCUT2D eigenvalue weighted by Crippen LogP contribution is 2.19. The standard InChI is InChI=1S/C11H13NO4/c1-8(13)15-10-7-5-4-6-9(10)11(14)16-12(2)3/h4-7H,1-3H3. The molecule has 0 saturated carbocycles. The molecule has 16 heavy (non-hydrogen) atoms. The van der Waals surface area contributed by atoms with E-state index in [0.29, 0.717) is 0 Å². The van der Waals surface area contributed by atoms with Crippen LogP contribution in [0.15, 0.2) is 24.3 Å². The van der Waals surface area contributed by atoms with Gasteiger partial charge in [0, 0.05) is 21.0 Å². The number of carbonyl (C=O) groups is 2. The summed E-state index contributed by atoms with van der Waals surface area (Å²) in [6, 6.07) is 6.40. The molecular formula is C11H13NO4. The molecule has 86 valence electrons. The molecule has 1 rings (SSSR count). The second-order valence-electron chi connectivity index (χ2n) is 3.28. The molecule has 0 fully saturated rings. The predicted octanol–water partition coefficient (Wildman–Crippen LogP) is 1.25. The Balaban J connectivity index is 2.94. The average molecular weight is 223 g/mol. The zero-order valence-electron chi connectivity index (χ0n) is 9.39. The minimum Gasteiger partial charge on any atom is -0.426 e. The number of hydroxylamine groups is 2. The van der Waals surface area contributed by atoms with Crippen LogP contribution in [0.25, 0.3) is 0 Å². The highest BCUT2D eigenvalue weighted by atomic mass is 16.7. The van der Waals surface area contributed by atoms with Gasteiger partial charge in [-0.2, -0.15) is 0 Å². The van der Waals surface area contributed by atoms with Crippen molar-refractivity contribution in [2.75, 3.05) is 14.1 Å². The van der Waals surface area contributed by atoms with Crippen molar-refractivity contribution in [3.8, 4) is 5.75 Å². The van der Waals surface area contributed by atoms with Gasteiger partial charge >= 0.3 is 11.9 Å². The van der Waals surface area contributed by atoms with E-state index in [9.17, 15) is 9.59 Å². The van der Waals surface area contributed by atoms with Gasteiger partial charge in [-0.15, -0.1) is 5.06 Å². The van der Waals surface area contributed by atoms with E-state index in [4.69, 9.17) is 9.57 Å². The van der Waals surface area contributed by atoms with E-state index in [1.165, 1.54) is 24.1 Å². The van der Waals surface area contributed by atoms with Crippen molar-refractivity contribution >= 4 is 11.9 Å². The van der Waals surface area contributed by atoms with Gasteiger partial charge in [0.25, 0.3) is 0 Å². The summed E-state index contributed by atoms with van der Waals surface area (Å²) in [6.07, 6.45) is 0. The fraction of sp³-hybridized carbons (Fsp3) is 0.273. The highest BCUT2D eigenvalue weighted by Gasteiger charge is 2.15. The van der Waals surface area contributed by atoms with Crippen LogP contribution in [0.5, 0.6) is 5.75 Å². The molecule has 0 bridgehead atoms. The first-order valence-corrected chi connectivity index (χ1v) is 4.67. The molecule has 0 spiro atoms. The van der Waals surface area contributed by atoms with Crippen molar-refractivity contribution in [3.05, 3.63) is 29.8 Å². The molecule has 1 aromatic carbocycles. The van der Waals surface area contributed by atoms with Crippen LogP contribution >= 0.6 is 0 Å². The number of hydrogen-bond acceptors (Lipinski definition) is 5. The lowest BCUT2D eigenvalue weighted by Gasteiger charge is -2.12. The quantitative estimate of drug-likeness (QED) is 0.438. The molecule has 0 amide bonds. The number of para-hydroxylation sites is 1. The Labute approximate surface area is 93.5 Å². The van der Waals surface area contributed by atoms with Gasteiger partial charge in [0.15, 0.2) is 0 Å². The van der Waals surface area contributed by atoms with E-state index >= 15 is 0 Å². The fourth-order valence-corrected chi connectivity index (χ4v) is 1.09. The highest BCUT2D eigenvalue weighted by molar-refractivity contribution is 5.93. The Morgan fingerprint density at radius 1 is 1.19 bits per heavy atom. The van der Waals surface area contributed by atoms with Crippen molar-refractivity contribution in [3.63, 3.8) is 0 Å². The summed E-state index contributed by atoms with van der Waals surface area (Å²) in [5.41, 5.74) is 0.214. The molecule has 0 N–H and O–H groups in total. The maximum Gasteiger partial charge on any atom is 0.360 e. The Hall–Kier alpha value is -1.88. The molecule has 0 aliphatic carbocycles. The fourth-order valence-electron chi connectivity index (χ4n) is 1.09. The van der Waals surface area contributed by atoms with Crippen LogP contribution in [0, 0.1) is 0 Å². The Morgan fingerprint density at radius 3 is 2.38 bits per heavy atom. The summed E-state index contributed by atoms with van der Waals surface area (Å²) in [4.78, 5) is 27.3. The molecule has 0 unspecified atom stereocenters. The van der Waals surface area contributed by atoms with Gasteiger partial charge in [-0.1, -0.05) is 12.1 Å². The maximum atomic E-state index is 11.6. The summed E-state index contributed by atoms with van der Waals surface area (Å²) in [7, 11) is 3.18. The number of hydrogen-bond donors (Lipinski definition) is 0. The normalized spacial score (nSPS) is 10.0. The van der Waals surface area contributed by atoms with Gasteiger partial charge < -0.3 is 9.57 Å². The van der Waals surface area contributed by atoms with E-state index in [1.54, 1.807) is 26.2 Å². The molecule has 0 aromatic heterocycles. The minimum atomic E-state index is -0.568. The van der Waals surface area contributed by atoms with Crippen molar-refractivity contribution in [2.45, 2.75) is 6.92 Å². The molecule has 0 heterocycles. The van der Waals surface area contributed by atoms with E-state index < -0.39 is 11.9 Å². The number of nitrogens with zero attached hydrogens (tertiary/aromatic N) is 1. The van der Waals surface area contributed by atoms with Crippen molar-refractivity contribution in [1.29, 1.82) is 0 Å². The van der Waals surface area contributed by atoms with Gasteiger partial charge in [-0.05, 0) is 12.1 Å². The second-order valence-corrected chi connectivity index (χ2v) is 3.28. The number of rotatable bonds is 3. The number of carbonyl (C=O) groups excluding carboxylic acids is 2. The lowest BCUT2D eigenvalue weighted by molar-refractivity contribution is -0.131. The first-order chi connectivity index (χ1) is 7.50. The number of benzene rings is 1. The minimum absolute atomic E-state index is 0.196. The summed E-state index contributed by atoms with van der Waals surface area (Å²) in [5, 5.41) is 1.27. The van der Waals surface area contributed by atoms with E-state index in [1.807, 2.05) is 0 Å². The predicted molar refractivity (Wildman–Crippen MR) is 56.9 cm³/mol. The summed E-state index contributed by atoms with van der Waals surface area (Å²) in [6.45, 7) is 1.27. The van der Waals surface area contributed by atoms with Crippen LogP contribution in [0.2, 0.25) is 0 Å². The average Bonchev–Trinajstić information content (AvgIpc) is 2.16. The third-order valence-electron chi connectivity index (χ3n) is 1.63. The van der Waals surface area contributed by atoms with E-state index in [-0.39, 0.29) is 11.3 Å². The monoisotopic (exact) mass is 223 g/mol. The lowest BCUT2D eigenvalue weighted by Crippen LogP contribution is -2.19. The van der Waals surface area contributed by atoms with Crippen LogP contribution in [0.1, 0.15) is 17.3 Å². The summed E-state index contributed by atoms with van der Waals surface area (Å²) >= 11 is 0. The van der Waals surface area contributed by atoms with Crippen molar-refractivity contribution in [2.24, 2.45) is 0 Å². The maximum absolute atomic E-state index is 11.6. The van der Waals surface area contributed by atoms with Crippen LogP contribution in [0.3, 0.4) is 0 Å². The number of esters is 1.